The summed E-state index contributed by atoms with van der Waals surface area (Å²) in [5, 5.41) is 5.00. The van der Waals surface area contributed by atoms with E-state index in [1.54, 1.807) is 24.3 Å². The van der Waals surface area contributed by atoms with E-state index in [1.165, 1.54) is 25.3 Å². The van der Waals surface area contributed by atoms with Crippen LogP contribution in [0.3, 0.4) is 0 Å². The first kappa shape index (κ1) is 17.7. The van der Waals surface area contributed by atoms with Crippen LogP contribution in [0.2, 0.25) is 0 Å². The number of furan rings is 1. The molecule has 2 N–H and O–H groups in total. The highest BCUT2D eigenvalue weighted by molar-refractivity contribution is 7.91. The van der Waals surface area contributed by atoms with E-state index < -0.39 is 21.7 Å². The summed E-state index contributed by atoms with van der Waals surface area (Å²) in [4.78, 5) is 23.9. The Morgan fingerprint density at radius 3 is 2.50 bits per heavy atom. The summed E-state index contributed by atoms with van der Waals surface area (Å²) >= 11 is 0. The van der Waals surface area contributed by atoms with E-state index in [4.69, 9.17) is 4.42 Å². The standard InChI is InChI=1S/C16H18N2O5S/c1-2-24(21,22)14-8-4-3-7-13(14)16(20)18-11-15(19)17-10-12-6-5-9-23-12/h3-9H,2,10-11H2,1H3,(H,17,19)(H,18,20). The summed E-state index contributed by atoms with van der Waals surface area (Å²) in [6, 6.07) is 9.33. The molecule has 1 heterocycles. The average molecular weight is 350 g/mol. The van der Waals surface area contributed by atoms with Crippen LogP contribution in [0.15, 0.2) is 52.0 Å². The number of hydrogen-bond acceptors (Lipinski definition) is 5. The third kappa shape index (κ3) is 4.45. The van der Waals surface area contributed by atoms with Crippen LogP contribution < -0.4 is 10.6 Å². The fraction of sp³-hybridized carbons (Fsp3) is 0.250. The van der Waals surface area contributed by atoms with Gasteiger partial charge in [-0.05, 0) is 24.3 Å². The molecule has 0 spiro atoms. The molecule has 24 heavy (non-hydrogen) atoms. The number of sulfone groups is 1. The van der Waals surface area contributed by atoms with Gasteiger partial charge in [0.05, 0.1) is 35.6 Å². The van der Waals surface area contributed by atoms with Gasteiger partial charge in [-0.3, -0.25) is 9.59 Å². The van der Waals surface area contributed by atoms with E-state index in [0.29, 0.717) is 5.76 Å². The molecule has 0 bridgehead atoms. The quantitative estimate of drug-likeness (QED) is 0.778. The van der Waals surface area contributed by atoms with Crippen molar-refractivity contribution in [3.63, 3.8) is 0 Å². The van der Waals surface area contributed by atoms with E-state index in [-0.39, 0.29) is 29.3 Å². The van der Waals surface area contributed by atoms with Gasteiger partial charge in [-0.15, -0.1) is 0 Å². The second-order valence-electron chi connectivity index (χ2n) is 4.94. The Morgan fingerprint density at radius 2 is 1.83 bits per heavy atom. The highest BCUT2D eigenvalue weighted by Crippen LogP contribution is 2.16. The summed E-state index contributed by atoms with van der Waals surface area (Å²) in [5.74, 6) is -0.540. The van der Waals surface area contributed by atoms with Gasteiger partial charge in [-0.1, -0.05) is 19.1 Å². The highest BCUT2D eigenvalue weighted by Gasteiger charge is 2.20. The topological polar surface area (TPSA) is 105 Å². The van der Waals surface area contributed by atoms with Crippen LogP contribution in [-0.4, -0.2) is 32.5 Å². The van der Waals surface area contributed by atoms with Crippen LogP contribution in [0.5, 0.6) is 0 Å². The van der Waals surface area contributed by atoms with Crippen LogP contribution in [-0.2, 0) is 21.2 Å². The lowest BCUT2D eigenvalue weighted by Crippen LogP contribution is -2.37. The van der Waals surface area contributed by atoms with E-state index in [2.05, 4.69) is 10.6 Å². The molecule has 2 aromatic rings. The van der Waals surface area contributed by atoms with Gasteiger partial charge >= 0.3 is 0 Å². The van der Waals surface area contributed by atoms with Crippen LogP contribution in [0.25, 0.3) is 0 Å². The first-order valence-electron chi connectivity index (χ1n) is 7.33. The maximum absolute atomic E-state index is 12.2. The molecule has 0 aliphatic rings. The van der Waals surface area contributed by atoms with Gasteiger partial charge in [0.15, 0.2) is 9.84 Å². The third-order valence-electron chi connectivity index (χ3n) is 3.30. The molecule has 0 fully saturated rings. The van der Waals surface area contributed by atoms with Crippen molar-refractivity contribution in [2.24, 2.45) is 0 Å². The molecule has 0 aliphatic heterocycles. The second-order valence-corrected chi connectivity index (χ2v) is 7.19. The van der Waals surface area contributed by atoms with Crippen LogP contribution in [0, 0.1) is 0 Å². The van der Waals surface area contributed by atoms with Gasteiger partial charge in [0.2, 0.25) is 5.91 Å². The average Bonchev–Trinajstić information content (AvgIpc) is 3.11. The molecule has 1 aromatic carbocycles. The van der Waals surface area contributed by atoms with Gasteiger partial charge in [0.1, 0.15) is 5.76 Å². The third-order valence-corrected chi connectivity index (χ3v) is 5.08. The molecule has 0 aliphatic carbocycles. The molecule has 128 valence electrons. The minimum Gasteiger partial charge on any atom is -0.467 e. The first-order chi connectivity index (χ1) is 11.4. The molecule has 0 atom stereocenters. The van der Waals surface area contributed by atoms with Gasteiger partial charge in [-0.25, -0.2) is 8.42 Å². The van der Waals surface area contributed by atoms with Crippen molar-refractivity contribution in [2.75, 3.05) is 12.3 Å². The monoisotopic (exact) mass is 350 g/mol. The van der Waals surface area contributed by atoms with Crippen LogP contribution in [0.1, 0.15) is 23.0 Å². The van der Waals surface area contributed by atoms with Crippen LogP contribution in [0.4, 0.5) is 0 Å². The van der Waals surface area contributed by atoms with Gasteiger partial charge in [0.25, 0.3) is 5.91 Å². The van der Waals surface area contributed by atoms with E-state index in [1.807, 2.05) is 0 Å². The van der Waals surface area contributed by atoms with Crippen molar-refractivity contribution < 1.29 is 22.4 Å². The summed E-state index contributed by atoms with van der Waals surface area (Å²) < 4.78 is 29.1. The maximum atomic E-state index is 12.2. The fourth-order valence-electron chi connectivity index (χ4n) is 2.00. The highest BCUT2D eigenvalue weighted by atomic mass is 32.2. The van der Waals surface area contributed by atoms with Crippen molar-refractivity contribution in [2.45, 2.75) is 18.4 Å². The summed E-state index contributed by atoms with van der Waals surface area (Å²) in [6.45, 7) is 1.45. The molecular formula is C16H18N2O5S. The van der Waals surface area contributed by atoms with Crippen LogP contribution >= 0.6 is 0 Å². The minimum atomic E-state index is -3.53. The van der Waals surface area contributed by atoms with Gasteiger partial charge in [-0.2, -0.15) is 0 Å². The molecule has 0 unspecified atom stereocenters. The molecule has 1 aromatic heterocycles. The number of nitrogens with one attached hydrogen (secondary N) is 2. The minimum absolute atomic E-state index is 0.0261. The normalized spacial score (nSPS) is 11.0. The molecule has 0 radical (unpaired) electrons. The maximum Gasteiger partial charge on any atom is 0.253 e. The summed E-state index contributed by atoms with van der Waals surface area (Å²) in [7, 11) is -3.53. The number of carbonyl (C=O) groups excluding carboxylic acids is 2. The van der Waals surface area contributed by atoms with Crippen molar-refractivity contribution in [1.29, 1.82) is 0 Å². The Morgan fingerprint density at radius 1 is 1.08 bits per heavy atom. The first-order valence-corrected chi connectivity index (χ1v) is 8.98. The van der Waals surface area contributed by atoms with Crippen molar-refractivity contribution in [3.05, 3.63) is 54.0 Å². The lowest BCUT2D eigenvalue weighted by Gasteiger charge is -2.10. The molecule has 2 amide bonds. The Balaban J connectivity index is 1.97. The Kier molecular flexibility index (Phi) is 5.75. The zero-order valence-corrected chi connectivity index (χ0v) is 13.9. The van der Waals surface area contributed by atoms with Crippen molar-refractivity contribution in [3.8, 4) is 0 Å². The molecule has 8 heteroatoms. The van der Waals surface area contributed by atoms with E-state index in [0.717, 1.165) is 0 Å². The second kappa shape index (κ2) is 7.78. The Labute approximate surface area is 140 Å². The van der Waals surface area contributed by atoms with Crippen molar-refractivity contribution in [1.82, 2.24) is 10.6 Å². The van der Waals surface area contributed by atoms with Crippen molar-refractivity contribution >= 4 is 21.7 Å². The number of carbonyl (C=O) groups is 2. The smallest absolute Gasteiger partial charge is 0.253 e. The SMILES string of the molecule is CCS(=O)(=O)c1ccccc1C(=O)NCC(=O)NCc1ccco1. The van der Waals surface area contributed by atoms with E-state index in [9.17, 15) is 18.0 Å². The molecule has 0 saturated carbocycles. The Bertz CT molecular complexity index is 813. The molecule has 0 saturated heterocycles. The number of hydrogen-bond donors (Lipinski definition) is 2. The predicted octanol–water partition coefficient (Wildman–Crippen LogP) is 1.12. The fourth-order valence-corrected chi connectivity index (χ4v) is 3.09. The van der Waals surface area contributed by atoms with Gasteiger partial charge < -0.3 is 15.1 Å². The number of amides is 2. The molecule has 2 rings (SSSR count). The lowest BCUT2D eigenvalue weighted by molar-refractivity contribution is -0.120. The summed E-state index contributed by atoms with van der Waals surface area (Å²) in [5.41, 5.74) is 0.0261. The zero-order valence-electron chi connectivity index (χ0n) is 13.1. The van der Waals surface area contributed by atoms with E-state index >= 15 is 0 Å². The molecule has 7 nitrogen and oxygen atoms in total. The lowest BCUT2D eigenvalue weighted by atomic mass is 10.2. The largest absolute Gasteiger partial charge is 0.467 e. The number of rotatable bonds is 7. The van der Waals surface area contributed by atoms with Gasteiger partial charge in [0, 0.05) is 0 Å². The summed E-state index contributed by atoms with van der Waals surface area (Å²) in [6.07, 6.45) is 1.49. The molecular weight excluding hydrogens is 332 g/mol. The zero-order chi connectivity index (χ0) is 17.6. The predicted molar refractivity (Wildman–Crippen MR) is 87.1 cm³/mol. The number of benzene rings is 1. The Hall–Kier alpha value is -2.61.